The summed E-state index contributed by atoms with van der Waals surface area (Å²) in [6.07, 6.45) is 0.0294. The summed E-state index contributed by atoms with van der Waals surface area (Å²) in [5.41, 5.74) is 8.00. The van der Waals surface area contributed by atoms with Gasteiger partial charge in [-0.3, -0.25) is 9.69 Å². The topological polar surface area (TPSA) is 84.0 Å². The van der Waals surface area contributed by atoms with Crippen LogP contribution >= 0.6 is 11.6 Å². The molecule has 11 heteroatoms. The number of oxime groups is 1. The van der Waals surface area contributed by atoms with E-state index in [1.165, 1.54) is 0 Å². The minimum Gasteiger partial charge on any atom is -0.386 e. The number of nitrogen functional groups attached to an aromatic ring is 1. The van der Waals surface area contributed by atoms with Crippen LogP contribution in [0.4, 0.5) is 19.0 Å². The zero-order valence-electron chi connectivity index (χ0n) is 20.5. The molecule has 7 nitrogen and oxygen atoms in total. The summed E-state index contributed by atoms with van der Waals surface area (Å²) < 4.78 is 37.8. The molecule has 1 aromatic carbocycles. The lowest BCUT2D eigenvalue weighted by Gasteiger charge is -2.37. The molecular weight excluding hydrogens is 507 g/mol. The number of rotatable bonds is 7. The molecule has 0 radical (unpaired) electrons. The van der Waals surface area contributed by atoms with Gasteiger partial charge in [0, 0.05) is 42.7 Å². The summed E-state index contributed by atoms with van der Waals surface area (Å²) in [5.74, 6) is 0.523. The normalized spacial score (nSPS) is 18.7. The van der Waals surface area contributed by atoms with Crippen molar-refractivity contribution in [2.75, 3.05) is 38.5 Å². The van der Waals surface area contributed by atoms with Crippen molar-refractivity contribution in [2.24, 2.45) is 17.0 Å². The lowest BCUT2D eigenvalue weighted by atomic mass is 9.87. The summed E-state index contributed by atoms with van der Waals surface area (Å²) in [5, 5.41) is 4.40. The molecule has 0 atom stereocenters. The molecule has 1 amide bonds. The number of halogens is 4. The molecule has 2 aromatic rings. The summed E-state index contributed by atoms with van der Waals surface area (Å²) in [7, 11) is 0. The van der Waals surface area contributed by atoms with Crippen LogP contribution in [-0.4, -0.2) is 65.4 Å². The molecular formula is C26H31ClF3N5O2. The second kappa shape index (κ2) is 12.1. The minimum atomic E-state index is -4.47. The smallest absolute Gasteiger partial charge is 0.386 e. The average molecular weight is 538 g/mol. The highest BCUT2D eigenvalue weighted by atomic mass is 35.5. The number of pyridine rings is 1. The standard InChI is InChI=1S/C26H31ClF3N5O2/c27-22-3-1-19(2-4-22)24(33-37-17-26(28,29)30)20-8-13-35(14-9-20)25(36)21-6-11-34(12-7-21)16-18-5-10-32-23(31)15-18/h1-5,10,15,20-21H,6-9,11-14,16-17H2,(H2,31,32). The number of piperidine rings is 2. The number of carbonyl (C=O) groups excluding carboxylic acids is 1. The third-order valence-electron chi connectivity index (χ3n) is 6.91. The second-order valence-electron chi connectivity index (χ2n) is 9.61. The van der Waals surface area contributed by atoms with E-state index in [4.69, 9.17) is 17.3 Å². The molecule has 2 aliphatic heterocycles. The van der Waals surface area contributed by atoms with Crippen LogP contribution in [-0.2, 0) is 16.2 Å². The fourth-order valence-electron chi connectivity index (χ4n) is 4.98. The summed E-state index contributed by atoms with van der Waals surface area (Å²) in [4.78, 5) is 26.1. The van der Waals surface area contributed by atoms with Gasteiger partial charge in [-0.05, 0) is 74.2 Å². The predicted octanol–water partition coefficient (Wildman–Crippen LogP) is 4.75. The first-order chi connectivity index (χ1) is 17.7. The fraction of sp³-hybridized carbons (Fsp3) is 0.500. The maximum Gasteiger partial charge on any atom is 0.425 e. The van der Waals surface area contributed by atoms with Crippen LogP contribution in [0.3, 0.4) is 0 Å². The SMILES string of the molecule is Nc1cc(CN2CCC(C(=O)N3CCC(C(=NOCC(F)(F)F)c4ccc(Cl)cc4)CC3)CC2)ccn1. The van der Waals surface area contributed by atoms with E-state index in [1.807, 2.05) is 17.0 Å². The van der Waals surface area contributed by atoms with Gasteiger partial charge in [0.2, 0.25) is 12.5 Å². The Kier molecular flexibility index (Phi) is 8.91. The van der Waals surface area contributed by atoms with Crippen molar-refractivity contribution in [3.63, 3.8) is 0 Å². The summed E-state index contributed by atoms with van der Waals surface area (Å²) in [6, 6.07) is 10.6. The third-order valence-corrected chi connectivity index (χ3v) is 7.16. The van der Waals surface area contributed by atoms with Gasteiger partial charge in [-0.2, -0.15) is 13.2 Å². The van der Waals surface area contributed by atoms with E-state index < -0.39 is 12.8 Å². The number of likely N-dealkylation sites (tertiary alicyclic amines) is 2. The number of benzene rings is 1. The Hall–Kier alpha value is -2.85. The molecule has 2 aliphatic rings. The van der Waals surface area contributed by atoms with Crippen LogP contribution in [0.2, 0.25) is 5.02 Å². The van der Waals surface area contributed by atoms with Crippen LogP contribution in [0, 0.1) is 11.8 Å². The molecule has 2 fully saturated rings. The van der Waals surface area contributed by atoms with E-state index in [0.29, 0.717) is 48.0 Å². The van der Waals surface area contributed by atoms with Crippen LogP contribution in [0.1, 0.15) is 36.8 Å². The molecule has 0 aliphatic carbocycles. The Morgan fingerprint density at radius 1 is 1.05 bits per heavy atom. The molecule has 0 spiro atoms. The molecule has 37 heavy (non-hydrogen) atoms. The third kappa shape index (κ3) is 7.82. The summed E-state index contributed by atoms with van der Waals surface area (Å²) in [6.45, 7) is 2.06. The first-order valence-electron chi connectivity index (χ1n) is 12.4. The largest absolute Gasteiger partial charge is 0.425 e. The molecule has 3 heterocycles. The highest BCUT2D eigenvalue weighted by molar-refractivity contribution is 6.30. The van der Waals surface area contributed by atoms with E-state index in [0.717, 1.165) is 38.0 Å². The maximum absolute atomic E-state index is 13.2. The van der Waals surface area contributed by atoms with E-state index >= 15 is 0 Å². The molecule has 2 saturated heterocycles. The van der Waals surface area contributed by atoms with Crippen molar-refractivity contribution in [2.45, 2.75) is 38.4 Å². The number of carbonyl (C=O) groups is 1. The maximum atomic E-state index is 13.2. The van der Waals surface area contributed by atoms with Crippen molar-refractivity contribution < 1.29 is 22.8 Å². The van der Waals surface area contributed by atoms with Crippen molar-refractivity contribution >= 4 is 29.0 Å². The van der Waals surface area contributed by atoms with E-state index in [2.05, 4.69) is 19.9 Å². The first-order valence-corrected chi connectivity index (χ1v) is 12.8. The van der Waals surface area contributed by atoms with E-state index in [1.54, 1.807) is 30.5 Å². The molecule has 2 N–H and O–H groups in total. The van der Waals surface area contributed by atoms with Gasteiger partial charge < -0.3 is 15.5 Å². The molecule has 200 valence electrons. The number of anilines is 1. The minimum absolute atomic E-state index is 0.0187. The number of alkyl halides is 3. The Bertz CT molecular complexity index is 1080. The number of amides is 1. The van der Waals surface area contributed by atoms with Crippen LogP contribution in [0.15, 0.2) is 47.8 Å². The van der Waals surface area contributed by atoms with Crippen molar-refractivity contribution in [3.8, 4) is 0 Å². The number of nitrogens with two attached hydrogens (primary N) is 1. The van der Waals surface area contributed by atoms with Gasteiger partial charge in [0.05, 0.1) is 5.71 Å². The van der Waals surface area contributed by atoms with Crippen LogP contribution < -0.4 is 5.73 Å². The lowest BCUT2D eigenvalue weighted by molar-refractivity contribution is -0.173. The van der Waals surface area contributed by atoms with Crippen molar-refractivity contribution in [1.82, 2.24) is 14.8 Å². The number of hydrogen-bond acceptors (Lipinski definition) is 6. The highest BCUT2D eigenvalue weighted by Gasteiger charge is 2.33. The molecule has 4 rings (SSSR count). The van der Waals surface area contributed by atoms with Gasteiger partial charge in [0.25, 0.3) is 0 Å². The van der Waals surface area contributed by atoms with E-state index in [-0.39, 0.29) is 17.7 Å². The van der Waals surface area contributed by atoms with Gasteiger partial charge in [-0.25, -0.2) is 4.98 Å². The van der Waals surface area contributed by atoms with Crippen molar-refractivity contribution in [3.05, 3.63) is 58.7 Å². The average Bonchev–Trinajstić information content (AvgIpc) is 2.87. The molecule has 0 unspecified atom stereocenters. The highest BCUT2D eigenvalue weighted by Crippen LogP contribution is 2.28. The monoisotopic (exact) mass is 537 g/mol. The lowest BCUT2D eigenvalue weighted by Crippen LogP contribution is -2.46. The summed E-state index contributed by atoms with van der Waals surface area (Å²) >= 11 is 5.98. The van der Waals surface area contributed by atoms with Gasteiger partial charge in [0.15, 0.2) is 0 Å². The zero-order chi connectivity index (χ0) is 26.4. The number of aromatic nitrogens is 1. The first kappa shape index (κ1) is 27.2. The number of hydrogen-bond donors (Lipinski definition) is 1. The Morgan fingerprint density at radius 2 is 1.70 bits per heavy atom. The van der Waals surface area contributed by atoms with Gasteiger partial charge >= 0.3 is 6.18 Å². The molecule has 1 aromatic heterocycles. The molecule has 0 saturated carbocycles. The molecule has 0 bridgehead atoms. The van der Waals surface area contributed by atoms with E-state index in [9.17, 15) is 18.0 Å². The second-order valence-corrected chi connectivity index (χ2v) is 10.0. The Labute approximate surface area is 219 Å². The predicted molar refractivity (Wildman–Crippen MR) is 136 cm³/mol. The Balaban J connectivity index is 1.31. The quantitative estimate of drug-likeness (QED) is 0.407. The van der Waals surface area contributed by atoms with Crippen LogP contribution in [0.5, 0.6) is 0 Å². The van der Waals surface area contributed by atoms with Gasteiger partial charge in [-0.15, -0.1) is 0 Å². The van der Waals surface area contributed by atoms with Gasteiger partial charge in [-0.1, -0.05) is 28.9 Å². The van der Waals surface area contributed by atoms with Crippen LogP contribution in [0.25, 0.3) is 0 Å². The zero-order valence-corrected chi connectivity index (χ0v) is 21.2. The van der Waals surface area contributed by atoms with Gasteiger partial charge in [0.1, 0.15) is 5.82 Å². The fourth-order valence-corrected chi connectivity index (χ4v) is 5.11. The number of nitrogens with zero attached hydrogens (tertiary/aromatic N) is 4. The Morgan fingerprint density at radius 3 is 2.32 bits per heavy atom. The van der Waals surface area contributed by atoms with Crippen molar-refractivity contribution in [1.29, 1.82) is 0 Å².